The van der Waals surface area contributed by atoms with Crippen LogP contribution in [0.25, 0.3) is 11.1 Å². The van der Waals surface area contributed by atoms with Crippen LogP contribution in [0.3, 0.4) is 0 Å². The van der Waals surface area contributed by atoms with Crippen molar-refractivity contribution in [1.29, 1.82) is 0 Å². The Morgan fingerprint density at radius 2 is 1.39 bits per heavy atom. The van der Waals surface area contributed by atoms with Crippen molar-refractivity contribution in [3.8, 4) is 11.1 Å². The van der Waals surface area contributed by atoms with E-state index in [1.165, 1.54) is 22.0 Å². The van der Waals surface area contributed by atoms with Gasteiger partial charge in [0.2, 0.25) is 0 Å². The Hall–Kier alpha value is -1.39. The van der Waals surface area contributed by atoms with Crippen molar-refractivity contribution in [3.05, 3.63) is 67.3 Å². The number of rotatable bonds is 1. The van der Waals surface area contributed by atoms with Gasteiger partial charge < -0.3 is 0 Å². The van der Waals surface area contributed by atoms with Gasteiger partial charge in [-0.15, -0.1) is 22.4 Å². The summed E-state index contributed by atoms with van der Waals surface area (Å²) in [4.78, 5) is 0. The Balaban J connectivity index is 0.000000659. The maximum atomic E-state index is 3.00. The molecule has 0 heterocycles. The minimum Gasteiger partial charge on any atom is -0.106 e. The second kappa shape index (κ2) is 9.62. The van der Waals surface area contributed by atoms with Crippen molar-refractivity contribution in [2.24, 2.45) is 0 Å². The zero-order chi connectivity index (χ0) is 14.0. The molecule has 1 unspecified atom stereocenters. The Morgan fingerprint density at radius 3 is 1.89 bits per heavy atom. The van der Waals surface area contributed by atoms with Crippen LogP contribution in [0.15, 0.2) is 61.7 Å². The third-order valence-corrected chi connectivity index (χ3v) is 2.63. The van der Waals surface area contributed by atoms with Crippen molar-refractivity contribution in [1.82, 2.24) is 0 Å². The summed E-state index contributed by atoms with van der Waals surface area (Å²) >= 11 is 0. The first kappa shape index (κ1) is 16.6. The molecule has 1 heteroatoms. The minimum atomic E-state index is 1.23. The second-order valence-corrected chi connectivity index (χ2v) is 4.16. The average Bonchev–Trinajstić information content (AvgIpc) is 2.44. The van der Waals surface area contributed by atoms with Crippen LogP contribution in [0, 0.1) is 6.92 Å². The molecule has 96 valence electrons. The third kappa shape index (κ3) is 5.29. The smallest absolute Gasteiger partial charge is 0.0178 e. The zero-order valence-electron chi connectivity index (χ0n) is 11.6. The maximum Gasteiger partial charge on any atom is -0.0178 e. The van der Waals surface area contributed by atoms with Gasteiger partial charge in [0.25, 0.3) is 0 Å². The van der Waals surface area contributed by atoms with Crippen LogP contribution in [-0.2, 0) is 0 Å². The molecule has 2 rings (SSSR count). The molecule has 0 aliphatic carbocycles. The van der Waals surface area contributed by atoms with E-state index in [9.17, 15) is 0 Å². The number of aryl methyl sites for hydroxylation is 1. The third-order valence-electron chi connectivity index (χ3n) is 2.27. The van der Waals surface area contributed by atoms with E-state index >= 15 is 0 Å². The fourth-order valence-corrected chi connectivity index (χ4v) is 1.75. The summed E-state index contributed by atoms with van der Waals surface area (Å²) in [6, 6.07) is 17.1. The van der Waals surface area contributed by atoms with Gasteiger partial charge in [0, 0.05) is 0 Å². The van der Waals surface area contributed by atoms with Crippen molar-refractivity contribution in [2.75, 3.05) is 0 Å². The molecule has 0 fully saturated rings. The molecule has 0 aliphatic rings. The van der Waals surface area contributed by atoms with E-state index in [1.54, 1.807) is 0 Å². The highest BCUT2D eigenvalue weighted by atomic mass is 31.0. The van der Waals surface area contributed by atoms with E-state index in [-0.39, 0.29) is 0 Å². The molecule has 0 bridgehead atoms. The molecule has 0 saturated heterocycles. The zero-order valence-corrected chi connectivity index (χ0v) is 12.8. The molecule has 2 aromatic carbocycles. The van der Waals surface area contributed by atoms with E-state index in [2.05, 4.69) is 77.9 Å². The van der Waals surface area contributed by atoms with E-state index < -0.39 is 0 Å². The molecule has 0 aliphatic heterocycles. The predicted molar refractivity (Wildman–Crippen MR) is 88.6 cm³/mol. The molecule has 1 atom stereocenters. The highest BCUT2D eigenvalue weighted by molar-refractivity contribution is 7.27. The fraction of sp³-hybridized carbons (Fsp3) is 0.176. The van der Waals surface area contributed by atoms with Gasteiger partial charge in [-0.05, 0) is 29.4 Å². The minimum absolute atomic E-state index is 1.23. The summed E-state index contributed by atoms with van der Waals surface area (Å²) in [5, 5.41) is 1.23. The summed E-state index contributed by atoms with van der Waals surface area (Å²) in [6.07, 6.45) is 0. The van der Waals surface area contributed by atoms with Crippen molar-refractivity contribution in [3.63, 3.8) is 0 Å². The van der Waals surface area contributed by atoms with Gasteiger partial charge in [-0.3, -0.25) is 0 Å². The van der Waals surface area contributed by atoms with Gasteiger partial charge in [0.15, 0.2) is 0 Å². The summed E-state index contributed by atoms with van der Waals surface area (Å²) in [6.45, 7) is 12.1. The molecule has 2 aromatic rings. The Morgan fingerprint density at radius 1 is 0.833 bits per heavy atom. The summed E-state index contributed by atoms with van der Waals surface area (Å²) in [5.74, 6) is 0. The molecular formula is C17H23P. The predicted octanol–water partition coefficient (Wildman–Crippen LogP) is 4.99. The molecule has 0 aromatic heterocycles. The van der Waals surface area contributed by atoms with Gasteiger partial charge in [-0.2, -0.15) is 0 Å². The summed E-state index contributed by atoms with van der Waals surface area (Å²) in [7, 11) is 2.72. The average molecular weight is 258 g/mol. The molecule has 0 radical (unpaired) electrons. The van der Waals surface area contributed by atoms with E-state index in [0.717, 1.165) is 0 Å². The van der Waals surface area contributed by atoms with E-state index in [1.807, 2.05) is 13.8 Å². The lowest BCUT2D eigenvalue weighted by molar-refractivity contribution is 1.47. The summed E-state index contributed by atoms with van der Waals surface area (Å²) < 4.78 is 0. The Bertz CT molecular complexity index is 443. The Labute approximate surface area is 114 Å². The summed E-state index contributed by atoms with van der Waals surface area (Å²) in [5.41, 5.74) is 3.85. The van der Waals surface area contributed by atoms with Crippen molar-refractivity contribution in [2.45, 2.75) is 20.8 Å². The fourth-order valence-electron chi connectivity index (χ4n) is 1.46. The lowest BCUT2D eigenvalue weighted by Gasteiger charge is -2.02. The molecule has 0 amide bonds. The van der Waals surface area contributed by atoms with Gasteiger partial charge in [-0.1, -0.05) is 61.9 Å². The maximum absolute atomic E-state index is 3.00. The first-order valence-corrected chi connectivity index (χ1v) is 6.76. The Kier molecular flexibility index (Phi) is 8.88. The normalized spacial score (nSPS) is 8.44. The monoisotopic (exact) mass is 258 g/mol. The van der Waals surface area contributed by atoms with E-state index in [4.69, 9.17) is 0 Å². The molecular weight excluding hydrogens is 235 g/mol. The molecule has 18 heavy (non-hydrogen) atoms. The van der Waals surface area contributed by atoms with Crippen LogP contribution in [-0.4, -0.2) is 0 Å². The van der Waals surface area contributed by atoms with Crippen LogP contribution in [0.1, 0.15) is 19.4 Å². The number of hydrogen-bond donors (Lipinski definition) is 0. The second-order valence-electron chi connectivity index (χ2n) is 3.49. The quantitative estimate of drug-likeness (QED) is 0.499. The molecule has 0 spiro atoms. The molecule has 0 nitrogen and oxygen atoms in total. The van der Waals surface area contributed by atoms with Crippen LogP contribution in [0.5, 0.6) is 0 Å². The van der Waals surface area contributed by atoms with Crippen LogP contribution >= 0.6 is 9.24 Å². The van der Waals surface area contributed by atoms with Crippen LogP contribution in [0.2, 0.25) is 0 Å². The van der Waals surface area contributed by atoms with Crippen LogP contribution < -0.4 is 5.30 Å². The largest absolute Gasteiger partial charge is 0.106 e. The molecule has 0 N–H and O–H groups in total. The first-order chi connectivity index (χ1) is 8.75. The standard InChI is InChI=1S/C13H13P.C2H6.C2H4/c1-10-5-7-11(8-6-10)12-3-2-4-13(14)9-12;2*1-2/h2-9H,14H2,1H3;1-2H3;1-2H2. The van der Waals surface area contributed by atoms with Gasteiger partial charge in [-0.25, -0.2) is 0 Å². The van der Waals surface area contributed by atoms with Crippen molar-refractivity contribution < 1.29 is 0 Å². The lowest BCUT2D eigenvalue weighted by Crippen LogP contribution is -1.89. The van der Waals surface area contributed by atoms with E-state index in [0.29, 0.717) is 0 Å². The van der Waals surface area contributed by atoms with Crippen LogP contribution in [0.4, 0.5) is 0 Å². The first-order valence-electron chi connectivity index (χ1n) is 6.18. The highest BCUT2D eigenvalue weighted by Crippen LogP contribution is 2.18. The molecule has 0 saturated carbocycles. The van der Waals surface area contributed by atoms with Crippen molar-refractivity contribution >= 4 is 14.5 Å². The number of benzene rings is 2. The van der Waals surface area contributed by atoms with Gasteiger partial charge in [0.05, 0.1) is 0 Å². The van der Waals surface area contributed by atoms with Gasteiger partial charge >= 0.3 is 0 Å². The lowest BCUT2D eigenvalue weighted by atomic mass is 10.0. The topological polar surface area (TPSA) is 0 Å². The number of hydrogen-bond acceptors (Lipinski definition) is 0. The highest BCUT2D eigenvalue weighted by Gasteiger charge is 1.96. The SMILES string of the molecule is C=C.CC.Cc1ccc(-c2cccc(P)c2)cc1. The van der Waals surface area contributed by atoms with Gasteiger partial charge in [0.1, 0.15) is 0 Å².